The largest absolute Gasteiger partial charge is 0.345 e. The van der Waals surface area contributed by atoms with Gasteiger partial charge in [-0.2, -0.15) is 0 Å². The van der Waals surface area contributed by atoms with Gasteiger partial charge in [-0.25, -0.2) is 9.78 Å². The summed E-state index contributed by atoms with van der Waals surface area (Å²) in [5, 5.41) is 3.83. The molecular formula is C20H21ClN4O3. The van der Waals surface area contributed by atoms with E-state index in [4.69, 9.17) is 11.6 Å². The molecule has 0 fully saturated rings. The number of amides is 1. The van der Waals surface area contributed by atoms with Crippen molar-refractivity contribution in [1.82, 2.24) is 19.4 Å². The van der Waals surface area contributed by atoms with Gasteiger partial charge < -0.3 is 5.32 Å². The average molecular weight is 401 g/mol. The number of rotatable bonds is 4. The van der Waals surface area contributed by atoms with Crippen LogP contribution >= 0.6 is 11.6 Å². The fourth-order valence-corrected chi connectivity index (χ4v) is 3.25. The summed E-state index contributed by atoms with van der Waals surface area (Å²) >= 11 is 5.95. The molecule has 0 spiro atoms. The second-order valence-electron chi connectivity index (χ2n) is 7.05. The van der Waals surface area contributed by atoms with Crippen molar-refractivity contribution in [2.75, 3.05) is 0 Å². The zero-order valence-electron chi connectivity index (χ0n) is 16.1. The predicted octanol–water partition coefficient (Wildman–Crippen LogP) is 2.41. The van der Waals surface area contributed by atoms with Crippen LogP contribution in [0.15, 0.2) is 46.1 Å². The molecule has 3 aromatic rings. The van der Waals surface area contributed by atoms with Gasteiger partial charge in [-0.15, -0.1) is 0 Å². The first-order chi connectivity index (χ1) is 13.2. The van der Waals surface area contributed by atoms with Gasteiger partial charge in [0.05, 0.1) is 17.0 Å². The van der Waals surface area contributed by atoms with E-state index in [1.807, 2.05) is 26.0 Å². The number of nitrogens with one attached hydrogen (secondary N) is 1. The zero-order chi connectivity index (χ0) is 20.6. The fraction of sp³-hybridized carbons (Fsp3) is 0.300. The van der Waals surface area contributed by atoms with Crippen LogP contribution in [0.1, 0.15) is 35.8 Å². The first-order valence-corrected chi connectivity index (χ1v) is 9.20. The molecule has 7 nitrogen and oxygen atoms in total. The highest BCUT2D eigenvalue weighted by molar-refractivity contribution is 6.30. The summed E-state index contributed by atoms with van der Waals surface area (Å²) in [5.74, 6) is -0.216. The lowest BCUT2D eigenvalue weighted by Gasteiger charge is -2.23. The van der Waals surface area contributed by atoms with Gasteiger partial charge in [0.2, 0.25) is 0 Å². The molecule has 2 heterocycles. The van der Waals surface area contributed by atoms with Crippen molar-refractivity contribution >= 4 is 28.5 Å². The molecule has 1 unspecified atom stereocenters. The number of halogens is 1. The Morgan fingerprint density at radius 2 is 1.75 bits per heavy atom. The molecule has 1 atom stereocenters. The van der Waals surface area contributed by atoms with Gasteiger partial charge in [0.15, 0.2) is 0 Å². The maximum atomic E-state index is 12.8. The van der Waals surface area contributed by atoms with E-state index >= 15 is 0 Å². The van der Waals surface area contributed by atoms with Gasteiger partial charge in [0.25, 0.3) is 11.5 Å². The summed E-state index contributed by atoms with van der Waals surface area (Å²) in [5.41, 5.74) is 0.466. The molecular weight excluding hydrogens is 380 g/mol. The molecule has 0 aliphatic heterocycles. The monoisotopic (exact) mass is 400 g/mol. The maximum Gasteiger partial charge on any atom is 0.332 e. The van der Waals surface area contributed by atoms with E-state index in [9.17, 15) is 14.4 Å². The van der Waals surface area contributed by atoms with Crippen LogP contribution in [-0.2, 0) is 14.1 Å². The Morgan fingerprint density at radius 1 is 1.11 bits per heavy atom. The smallest absolute Gasteiger partial charge is 0.332 e. The van der Waals surface area contributed by atoms with Crippen molar-refractivity contribution < 1.29 is 4.79 Å². The topological polar surface area (TPSA) is 86.0 Å². The van der Waals surface area contributed by atoms with E-state index < -0.39 is 11.2 Å². The number of pyridine rings is 1. The van der Waals surface area contributed by atoms with Gasteiger partial charge in [-0.3, -0.25) is 18.7 Å². The standard InChI is InChI=1S/C20H21ClN4O3/c1-11(2)16(12-5-7-14(21)8-6-12)23-18(26)13-9-15-17(22-10-13)24(3)20(28)25(4)19(15)27/h5-11,16H,1-4H3,(H,23,26). The molecule has 28 heavy (non-hydrogen) atoms. The first kappa shape index (κ1) is 19.8. The number of aromatic nitrogens is 3. The van der Waals surface area contributed by atoms with E-state index in [1.54, 1.807) is 12.1 Å². The summed E-state index contributed by atoms with van der Waals surface area (Å²) < 4.78 is 2.28. The molecule has 0 saturated carbocycles. The zero-order valence-corrected chi connectivity index (χ0v) is 16.8. The number of fused-ring (bicyclic) bond motifs is 1. The number of carbonyl (C=O) groups is 1. The molecule has 2 aromatic heterocycles. The van der Waals surface area contributed by atoms with Crippen molar-refractivity contribution in [3.8, 4) is 0 Å². The molecule has 146 valence electrons. The van der Waals surface area contributed by atoms with Crippen LogP contribution in [0.4, 0.5) is 0 Å². The van der Waals surface area contributed by atoms with Crippen molar-refractivity contribution in [2.45, 2.75) is 19.9 Å². The van der Waals surface area contributed by atoms with Crippen LogP contribution in [-0.4, -0.2) is 20.0 Å². The van der Waals surface area contributed by atoms with Crippen molar-refractivity contribution in [2.24, 2.45) is 20.0 Å². The minimum atomic E-state index is -0.488. The number of carbonyl (C=O) groups excluding carboxylic acids is 1. The Bertz CT molecular complexity index is 1160. The summed E-state index contributed by atoms with van der Waals surface area (Å²) in [7, 11) is 2.93. The number of nitrogens with zero attached hydrogens (tertiary/aromatic N) is 3. The number of benzene rings is 1. The lowest BCUT2D eigenvalue weighted by atomic mass is 9.95. The minimum Gasteiger partial charge on any atom is -0.345 e. The SMILES string of the molecule is CC(C)C(NC(=O)c1cnc2c(c1)c(=O)n(C)c(=O)n2C)c1ccc(Cl)cc1. The van der Waals surface area contributed by atoms with Gasteiger partial charge in [-0.05, 0) is 29.7 Å². The summed E-state index contributed by atoms with van der Waals surface area (Å²) in [6, 6.07) is 8.54. The van der Waals surface area contributed by atoms with Gasteiger partial charge >= 0.3 is 5.69 Å². The molecule has 0 aliphatic carbocycles. The van der Waals surface area contributed by atoms with E-state index in [2.05, 4.69) is 10.3 Å². The summed E-state index contributed by atoms with van der Waals surface area (Å²) in [4.78, 5) is 41.5. The van der Waals surface area contributed by atoms with Crippen LogP contribution in [0.3, 0.4) is 0 Å². The molecule has 0 aliphatic rings. The highest BCUT2D eigenvalue weighted by atomic mass is 35.5. The maximum absolute atomic E-state index is 12.8. The Morgan fingerprint density at radius 3 is 2.36 bits per heavy atom. The molecule has 8 heteroatoms. The number of hydrogen-bond acceptors (Lipinski definition) is 4. The van der Waals surface area contributed by atoms with Crippen LogP contribution in [0.5, 0.6) is 0 Å². The molecule has 1 aromatic carbocycles. The van der Waals surface area contributed by atoms with E-state index in [0.717, 1.165) is 10.1 Å². The van der Waals surface area contributed by atoms with E-state index in [1.165, 1.54) is 30.9 Å². The third-order valence-corrected chi connectivity index (χ3v) is 4.99. The lowest BCUT2D eigenvalue weighted by molar-refractivity contribution is 0.0925. The molecule has 1 amide bonds. The van der Waals surface area contributed by atoms with Crippen LogP contribution in [0, 0.1) is 5.92 Å². The van der Waals surface area contributed by atoms with Crippen LogP contribution in [0.2, 0.25) is 5.02 Å². The van der Waals surface area contributed by atoms with Gasteiger partial charge in [0.1, 0.15) is 5.65 Å². The second kappa shape index (κ2) is 7.59. The molecule has 1 N–H and O–H groups in total. The third-order valence-electron chi connectivity index (χ3n) is 4.74. The Balaban J connectivity index is 1.99. The fourth-order valence-electron chi connectivity index (χ4n) is 3.12. The van der Waals surface area contributed by atoms with Gasteiger partial charge in [-0.1, -0.05) is 37.6 Å². The highest BCUT2D eigenvalue weighted by Gasteiger charge is 2.20. The predicted molar refractivity (Wildman–Crippen MR) is 109 cm³/mol. The quantitative estimate of drug-likeness (QED) is 0.728. The highest BCUT2D eigenvalue weighted by Crippen LogP contribution is 2.24. The Kier molecular flexibility index (Phi) is 5.38. The Labute approximate surface area is 166 Å². The molecule has 0 radical (unpaired) electrons. The number of hydrogen-bond donors (Lipinski definition) is 1. The lowest BCUT2D eigenvalue weighted by Crippen LogP contribution is -2.37. The average Bonchev–Trinajstić information content (AvgIpc) is 2.68. The molecule has 0 saturated heterocycles. The van der Waals surface area contributed by atoms with Crippen molar-refractivity contribution in [3.05, 3.63) is 73.5 Å². The first-order valence-electron chi connectivity index (χ1n) is 8.82. The number of aryl methyl sites for hydroxylation is 1. The second-order valence-corrected chi connectivity index (χ2v) is 7.48. The minimum absolute atomic E-state index is 0.132. The summed E-state index contributed by atoms with van der Waals surface area (Å²) in [6.45, 7) is 4.01. The third kappa shape index (κ3) is 3.57. The molecule has 3 rings (SSSR count). The summed E-state index contributed by atoms with van der Waals surface area (Å²) in [6.07, 6.45) is 1.37. The molecule has 0 bridgehead atoms. The van der Waals surface area contributed by atoms with E-state index in [-0.39, 0.29) is 34.5 Å². The van der Waals surface area contributed by atoms with Crippen molar-refractivity contribution in [1.29, 1.82) is 0 Å². The van der Waals surface area contributed by atoms with Crippen molar-refractivity contribution in [3.63, 3.8) is 0 Å². The van der Waals surface area contributed by atoms with Crippen LogP contribution in [0.25, 0.3) is 11.0 Å². The van der Waals surface area contributed by atoms with Crippen LogP contribution < -0.4 is 16.6 Å². The van der Waals surface area contributed by atoms with E-state index in [0.29, 0.717) is 5.02 Å². The normalized spacial score (nSPS) is 12.4. The Hall–Kier alpha value is -2.93. The van der Waals surface area contributed by atoms with Gasteiger partial charge in [0, 0.05) is 25.3 Å².